The maximum Gasteiger partial charge on any atom is 0.253 e. The number of carbonyl (C=O) groups is 1. The molecule has 0 spiro atoms. The zero-order valence-electron chi connectivity index (χ0n) is 11.0. The molecular formula is C16H17NO3. The molecule has 0 saturated heterocycles. The molecule has 1 atom stereocenters. The lowest BCUT2D eigenvalue weighted by molar-refractivity contribution is -0.129. The molecule has 2 aromatic carbocycles. The number of benzene rings is 2. The standard InChI is InChI=1S/C16H17NO3/c18-11-14-9-5-4-8-13(14)10-17-16(20)15(19)12-6-2-1-3-7-12/h1-9,15,18-19H,10-11H2,(H,17,20). The molecule has 0 fully saturated rings. The summed E-state index contributed by atoms with van der Waals surface area (Å²) in [6.45, 7) is 0.201. The fourth-order valence-electron chi connectivity index (χ4n) is 1.95. The average molecular weight is 271 g/mol. The summed E-state index contributed by atoms with van der Waals surface area (Å²) in [5.41, 5.74) is 2.16. The maximum absolute atomic E-state index is 11.9. The third kappa shape index (κ3) is 3.44. The Balaban J connectivity index is 1.99. The maximum atomic E-state index is 11.9. The second-order valence-corrected chi connectivity index (χ2v) is 4.46. The molecule has 0 aliphatic carbocycles. The van der Waals surface area contributed by atoms with Gasteiger partial charge in [0.2, 0.25) is 0 Å². The number of hydrogen-bond acceptors (Lipinski definition) is 3. The Bertz CT molecular complexity index is 569. The van der Waals surface area contributed by atoms with Gasteiger partial charge in [0.15, 0.2) is 6.10 Å². The number of rotatable bonds is 5. The number of aliphatic hydroxyl groups excluding tert-OH is 2. The van der Waals surface area contributed by atoms with E-state index in [4.69, 9.17) is 0 Å². The fourth-order valence-corrected chi connectivity index (χ4v) is 1.95. The molecule has 1 amide bonds. The lowest BCUT2D eigenvalue weighted by Crippen LogP contribution is -2.29. The van der Waals surface area contributed by atoms with Gasteiger partial charge in [-0.2, -0.15) is 0 Å². The Morgan fingerprint density at radius 3 is 2.25 bits per heavy atom. The molecule has 4 nitrogen and oxygen atoms in total. The van der Waals surface area contributed by atoms with Crippen molar-refractivity contribution in [2.24, 2.45) is 0 Å². The van der Waals surface area contributed by atoms with Crippen molar-refractivity contribution < 1.29 is 15.0 Å². The fraction of sp³-hybridized carbons (Fsp3) is 0.188. The predicted octanol–water partition coefficient (Wildman–Crippen LogP) is 1.53. The third-order valence-electron chi connectivity index (χ3n) is 3.11. The van der Waals surface area contributed by atoms with Crippen molar-refractivity contribution >= 4 is 5.91 Å². The van der Waals surface area contributed by atoms with Gasteiger partial charge in [-0.3, -0.25) is 4.79 Å². The highest BCUT2D eigenvalue weighted by molar-refractivity contribution is 5.81. The molecule has 104 valence electrons. The van der Waals surface area contributed by atoms with Gasteiger partial charge in [0.1, 0.15) is 0 Å². The Morgan fingerprint density at radius 1 is 1.00 bits per heavy atom. The molecule has 2 aromatic rings. The van der Waals surface area contributed by atoms with Crippen LogP contribution in [-0.4, -0.2) is 16.1 Å². The minimum Gasteiger partial charge on any atom is -0.392 e. The summed E-state index contributed by atoms with van der Waals surface area (Å²) in [5, 5.41) is 21.8. The van der Waals surface area contributed by atoms with Crippen LogP contribution in [0.4, 0.5) is 0 Å². The van der Waals surface area contributed by atoms with Crippen molar-refractivity contribution in [2.45, 2.75) is 19.3 Å². The van der Waals surface area contributed by atoms with Gasteiger partial charge in [-0.25, -0.2) is 0 Å². The summed E-state index contributed by atoms with van der Waals surface area (Å²) in [6.07, 6.45) is -1.18. The van der Waals surface area contributed by atoms with E-state index in [0.717, 1.165) is 11.1 Å². The van der Waals surface area contributed by atoms with E-state index in [0.29, 0.717) is 5.56 Å². The van der Waals surface area contributed by atoms with Crippen molar-refractivity contribution in [3.63, 3.8) is 0 Å². The first-order valence-electron chi connectivity index (χ1n) is 6.40. The molecule has 0 aliphatic heterocycles. The highest BCUT2D eigenvalue weighted by atomic mass is 16.3. The summed E-state index contributed by atoms with van der Waals surface area (Å²) >= 11 is 0. The van der Waals surface area contributed by atoms with Gasteiger partial charge in [-0.15, -0.1) is 0 Å². The quantitative estimate of drug-likeness (QED) is 0.772. The van der Waals surface area contributed by atoms with E-state index in [1.54, 1.807) is 30.3 Å². The minimum absolute atomic E-state index is 0.0761. The van der Waals surface area contributed by atoms with Gasteiger partial charge in [-0.1, -0.05) is 54.6 Å². The topological polar surface area (TPSA) is 69.6 Å². The van der Waals surface area contributed by atoms with Crippen molar-refractivity contribution in [1.82, 2.24) is 5.32 Å². The lowest BCUT2D eigenvalue weighted by Gasteiger charge is -2.13. The summed E-state index contributed by atoms with van der Waals surface area (Å²) in [6, 6.07) is 16.1. The van der Waals surface area contributed by atoms with Crippen LogP contribution in [0, 0.1) is 0 Å². The summed E-state index contributed by atoms with van der Waals surface area (Å²) in [5.74, 6) is -0.455. The molecule has 0 bridgehead atoms. The first-order chi connectivity index (χ1) is 9.72. The van der Waals surface area contributed by atoms with E-state index in [-0.39, 0.29) is 13.2 Å². The second-order valence-electron chi connectivity index (χ2n) is 4.46. The Kier molecular flexibility index (Phi) is 4.87. The van der Waals surface area contributed by atoms with Crippen molar-refractivity contribution in [3.05, 3.63) is 71.3 Å². The SMILES string of the molecule is O=C(NCc1ccccc1CO)C(O)c1ccccc1. The normalized spacial score (nSPS) is 11.9. The second kappa shape index (κ2) is 6.84. The van der Waals surface area contributed by atoms with Gasteiger partial charge in [-0.05, 0) is 16.7 Å². The minimum atomic E-state index is -1.18. The summed E-state index contributed by atoms with van der Waals surface area (Å²) in [4.78, 5) is 11.9. The number of amides is 1. The van der Waals surface area contributed by atoms with Crippen molar-refractivity contribution in [2.75, 3.05) is 0 Å². The number of carbonyl (C=O) groups excluding carboxylic acids is 1. The Hall–Kier alpha value is -2.17. The van der Waals surface area contributed by atoms with Crippen LogP contribution < -0.4 is 5.32 Å². The first kappa shape index (κ1) is 14.2. The van der Waals surface area contributed by atoms with E-state index >= 15 is 0 Å². The number of aliphatic hydroxyl groups is 2. The number of hydrogen-bond donors (Lipinski definition) is 3. The monoisotopic (exact) mass is 271 g/mol. The van der Waals surface area contributed by atoms with E-state index < -0.39 is 12.0 Å². The van der Waals surface area contributed by atoms with Crippen LogP contribution in [0.1, 0.15) is 22.8 Å². The predicted molar refractivity (Wildman–Crippen MR) is 75.6 cm³/mol. The van der Waals surface area contributed by atoms with Crippen LogP contribution in [0.25, 0.3) is 0 Å². The van der Waals surface area contributed by atoms with Crippen LogP contribution in [-0.2, 0) is 17.9 Å². The Labute approximate surface area is 117 Å². The summed E-state index contributed by atoms with van der Waals surface area (Å²) < 4.78 is 0. The smallest absolute Gasteiger partial charge is 0.253 e. The molecule has 20 heavy (non-hydrogen) atoms. The zero-order valence-corrected chi connectivity index (χ0v) is 11.0. The molecule has 0 aromatic heterocycles. The molecule has 3 N–H and O–H groups in total. The highest BCUT2D eigenvalue weighted by Crippen LogP contribution is 2.13. The third-order valence-corrected chi connectivity index (χ3v) is 3.11. The number of nitrogens with one attached hydrogen (secondary N) is 1. The Morgan fingerprint density at radius 2 is 1.60 bits per heavy atom. The van der Waals surface area contributed by atoms with Crippen LogP contribution >= 0.6 is 0 Å². The molecule has 0 aliphatic rings. The van der Waals surface area contributed by atoms with Crippen LogP contribution in [0.2, 0.25) is 0 Å². The first-order valence-corrected chi connectivity index (χ1v) is 6.40. The molecule has 4 heteroatoms. The molecule has 0 radical (unpaired) electrons. The molecule has 0 saturated carbocycles. The summed E-state index contributed by atoms with van der Waals surface area (Å²) in [7, 11) is 0. The largest absolute Gasteiger partial charge is 0.392 e. The van der Waals surface area contributed by atoms with E-state index in [1.807, 2.05) is 24.3 Å². The van der Waals surface area contributed by atoms with E-state index in [2.05, 4.69) is 5.32 Å². The van der Waals surface area contributed by atoms with Crippen molar-refractivity contribution in [3.8, 4) is 0 Å². The van der Waals surface area contributed by atoms with Gasteiger partial charge in [0.05, 0.1) is 6.61 Å². The van der Waals surface area contributed by atoms with Crippen LogP contribution in [0.15, 0.2) is 54.6 Å². The van der Waals surface area contributed by atoms with Gasteiger partial charge in [0.25, 0.3) is 5.91 Å². The van der Waals surface area contributed by atoms with Gasteiger partial charge < -0.3 is 15.5 Å². The van der Waals surface area contributed by atoms with E-state index in [1.165, 1.54) is 0 Å². The molecule has 2 rings (SSSR count). The van der Waals surface area contributed by atoms with Gasteiger partial charge in [0, 0.05) is 6.54 Å². The highest BCUT2D eigenvalue weighted by Gasteiger charge is 2.16. The van der Waals surface area contributed by atoms with Crippen LogP contribution in [0.3, 0.4) is 0 Å². The molecular weight excluding hydrogens is 254 g/mol. The van der Waals surface area contributed by atoms with Crippen molar-refractivity contribution in [1.29, 1.82) is 0 Å². The van der Waals surface area contributed by atoms with Gasteiger partial charge >= 0.3 is 0 Å². The van der Waals surface area contributed by atoms with Crippen LogP contribution in [0.5, 0.6) is 0 Å². The molecule has 0 heterocycles. The lowest BCUT2D eigenvalue weighted by atomic mass is 10.1. The average Bonchev–Trinajstić information content (AvgIpc) is 2.53. The molecule has 1 unspecified atom stereocenters. The zero-order chi connectivity index (χ0) is 14.4. The van der Waals surface area contributed by atoms with E-state index in [9.17, 15) is 15.0 Å².